The van der Waals surface area contributed by atoms with Crippen LogP contribution in [0.25, 0.3) is 0 Å². The fourth-order valence-corrected chi connectivity index (χ4v) is 1.56. The van der Waals surface area contributed by atoms with Crippen molar-refractivity contribution in [2.75, 3.05) is 0 Å². The number of ether oxygens (including phenoxy) is 1. The van der Waals surface area contributed by atoms with Crippen LogP contribution < -0.4 is 15.4 Å². The predicted molar refractivity (Wildman–Crippen MR) is 62.5 cm³/mol. The van der Waals surface area contributed by atoms with Crippen molar-refractivity contribution in [3.63, 3.8) is 0 Å². The highest BCUT2D eigenvalue weighted by Crippen LogP contribution is 2.12. The van der Waals surface area contributed by atoms with Crippen LogP contribution in [-0.4, -0.2) is 30.2 Å². The summed E-state index contributed by atoms with van der Waals surface area (Å²) in [7, 11) is 0. The Bertz CT molecular complexity index is 538. The molecule has 2 rings (SSSR count). The first-order valence-electron chi connectivity index (χ1n) is 5.46. The molecule has 7 heteroatoms. The lowest BCUT2D eigenvalue weighted by atomic mass is 10.2. The Morgan fingerprint density at radius 2 is 1.95 bits per heavy atom. The summed E-state index contributed by atoms with van der Waals surface area (Å²) in [5, 5.41) is 4.31. The lowest BCUT2D eigenvalue weighted by molar-refractivity contribution is -0.136. The van der Waals surface area contributed by atoms with E-state index >= 15 is 0 Å². The molecule has 0 aromatic heterocycles. The zero-order valence-electron chi connectivity index (χ0n) is 9.71. The molecule has 1 fully saturated rings. The molecule has 1 heterocycles. The molecule has 0 spiro atoms. The summed E-state index contributed by atoms with van der Waals surface area (Å²) in [6, 6.07) is 4.40. The quantitative estimate of drug-likeness (QED) is 0.344. The Morgan fingerprint density at radius 3 is 2.47 bits per heavy atom. The summed E-state index contributed by atoms with van der Waals surface area (Å²) in [5.41, 5.74) is 0.460. The zero-order chi connectivity index (χ0) is 13.8. The lowest BCUT2D eigenvalue weighted by Crippen LogP contribution is -2.32. The number of carbonyl (C=O) groups is 4. The molecular formula is C12H10N2O5. The van der Waals surface area contributed by atoms with Crippen molar-refractivity contribution < 1.29 is 23.9 Å². The van der Waals surface area contributed by atoms with Gasteiger partial charge in [-0.1, -0.05) is 0 Å². The minimum atomic E-state index is -0.908. The van der Waals surface area contributed by atoms with E-state index in [2.05, 4.69) is 5.32 Å². The van der Waals surface area contributed by atoms with Crippen molar-refractivity contribution in [2.24, 2.45) is 0 Å². The zero-order valence-corrected chi connectivity index (χ0v) is 9.71. The number of nitrogens with one attached hydrogen (secondary N) is 2. The predicted octanol–water partition coefficient (Wildman–Crippen LogP) is 0.00260. The van der Waals surface area contributed by atoms with Gasteiger partial charge in [-0.2, -0.15) is 0 Å². The van der Waals surface area contributed by atoms with Gasteiger partial charge in [-0.25, -0.2) is 4.79 Å². The summed E-state index contributed by atoms with van der Waals surface area (Å²) in [4.78, 5) is 44.1. The number of hydrogen-bond acceptors (Lipinski definition) is 5. The van der Waals surface area contributed by atoms with Crippen LogP contribution in [0.1, 0.15) is 16.8 Å². The van der Waals surface area contributed by atoms with Gasteiger partial charge in [0.1, 0.15) is 18.1 Å². The Labute approximate surface area is 107 Å². The molecule has 2 N–H and O–H groups in total. The third-order valence-electron chi connectivity index (χ3n) is 2.48. The summed E-state index contributed by atoms with van der Waals surface area (Å²) in [6.07, 6.45) is 0.414. The van der Waals surface area contributed by atoms with Gasteiger partial charge in [0.15, 0.2) is 0 Å². The third kappa shape index (κ3) is 3.15. The molecule has 1 aromatic carbocycles. The smallest absolute Gasteiger partial charge is 0.322 e. The molecule has 1 aliphatic heterocycles. The van der Waals surface area contributed by atoms with E-state index in [4.69, 9.17) is 4.74 Å². The highest BCUT2D eigenvalue weighted by Gasteiger charge is 2.31. The monoisotopic (exact) mass is 262 g/mol. The van der Waals surface area contributed by atoms with Crippen LogP contribution in [0.5, 0.6) is 5.75 Å². The van der Waals surface area contributed by atoms with Crippen molar-refractivity contribution >= 4 is 24.2 Å². The van der Waals surface area contributed by atoms with E-state index in [1.54, 1.807) is 0 Å². The highest BCUT2D eigenvalue weighted by molar-refractivity contribution is 6.05. The number of carbonyl (C=O) groups excluding carboxylic acids is 4. The fraction of sp³-hybridized carbons (Fsp3) is 0.167. The maximum Gasteiger partial charge on any atom is 0.322 e. The number of amides is 3. The van der Waals surface area contributed by atoms with Gasteiger partial charge in [-0.15, -0.1) is 0 Å². The van der Waals surface area contributed by atoms with Crippen molar-refractivity contribution in [3.05, 3.63) is 29.8 Å². The Balaban J connectivity index is 1.92. The van der Waals surface area contributed by atoms with E-state index in [9.17, 15) is 19.2 Å². The van der Waals surface area contributed by atoms with Gasteiger partial charge in [-0.3, -0.25) is 19.7 Å². The molecule has 1 aromatic rings. The highest BCUT2D eigenvalue weighted by atomic mass is 16.5. The van der Waals surface area contributed by atoms with E-state index in [-0.39, 0.29) is 12.2 Å². The van der Waals surface area contributed by atoms with Crippen LogP contribution >= 0.6 is 0 Å². The molecule has 98 valence electrons. The lowest BCUT2D eigenvalue weighted by Gasteiger charge is -2.07. The third-order valence-corrected chi connectivity index (χ3v) is 2.48. The second-order valence-electron chi connectivity index (χ2n) is 3.88. The van der Waals surface area contributed by atoms with Gasteiger partial charge in [-0.05, 0) is 24.3 Å². The second kappa shape index (κ2) is 5.30. The molecule has 7 nitrogen and oxygen atoms in total. The summed E-state index contributed by atoms with van der Waals surface area (Å²) in [5.74, 6) is -0.945. The van der Waals surface area contributed by atoms with E-state index in [1.807, 2.05) is 5.32 Å². The van der Waals surface area contributed by atoms with Gasteiger partial charge in [0.05, 0.1) is 6.42 Å². The van der Waals surface area contributed by atoms with Gasteiger partial charge in [0, 0.05) is 5.56 Å². The molecule has 0 aliphatic carbocycles. The van der Waals surface area contributed by atoms with Crippen molar-refractivity contribution in [1.82, 2.24) is 10.6 Å². The maximum absolute atomic E-state index is 11.6. The standard InChI is InChI=1S/C12H10N2O5/c15-6-7-1-3-8(4-2-7)19-10(16)5-9-11(17)14-12(18)13-9/h1-4,6,9H,5H2,(H2,13,14,17,18)/t9-/m1/s1. The number of aldehydes is 1. The molecule has 0 bridgehead atoms. The largest absolute Gasteiger partial charge is 0.426 e. The number of benzene rings is 1. The SMILES string of the molecule is O=Cc1ccc(OC(=O)C[C@H]2NC(=O)NC2=O)cc1. The number of hydrogen-bond donors (Lipinski definition) is 2. The van der Waals surface area contributed by atoms with Crippen molar-refractivity contribution in [1.29, 1.82) is 0 Å². The van der Waals surface area contributed by atoms with Gasteiger partial charge in [0.2, 0.25) is 0 Å². The average molecular weight is 262 g/mol. The number of esters is 1. The van der Waals surface area contributed by atoms with Crippen LogP contribution in [0.15, 0.2) is 24.3 Å². The Hall–Kier alpha value is -2.70. The fourth-order valence-electron chi connectivity index (χ4n) is 1.56. The number of urea groups is 1. The van der Waals surface area contributed by atoms with Crippen LogP contribution in [0.2, 0.25) is 0 Å². The molecule has 0 unspecified atom stereocenters. The average Bonchev–Trinajstić information content (AvgIpc) is 2.68. The topological polar surface area (TPSA) is 102 Å². The normalized spacial score (nSPS) is 17.6. The van der Waals surface area contributed by atoms with Gasteiger partial charge in [0.25, 0.3) is 5.91 Å². The van der Waals surface area contributed by atoms with Gasteiger partial charge < -0.3 is 10.1 Å². The molecule has 1 saturated heterocycles. The number of rotatable bonds is 4. The van der Waals surface area contributed by atoms with E-state index in [0.29, 0.717) is 11.8 Å². The van der Waals surface area contributed by atoms with E-state index in [0.717, 1.165) is 0 Å². The first kappa shape index (κ1) is 12.7. The van der Waals surface area contributed by atoms with Crippen molar-refractivity contribution in [3.8, 4) is 5.75 Å². The molecule has 0 radical (unpaired) electrons. The molecule has 0 saturated carbocycles. The Morgan fingerprint density at radius 1 is 1.26 bits per heavy atom. The number of imide groups is 1. The van der Waals surface area contributed by atoms with Crippen LogP contribution in [-0.2, 0) is 9.59 Å². The maximum atomic E-state index is 11.6. The molecule has 19 heavy (non-hydrogen) atoms. The van der Waals surface area contributed by atoms with Crippen LogP contribution in [0.4, 0.5) is 4.79 Å². The van der Waals surface area contributed by atoms with Crippen LogP contribution in [0.3, 0.4) is 0 Å². The van der Waals surface area contributed by atoms with E-state index in [1.165, 1.54) is 24.3 Å². The molecular weight excluding hydrogens is 252 g/mol. The molecule has 1 aliphatic rings. The second-order valence-corrected chi connectivity index (χ2v) is 3.88. The minimum absolute atomic E-state index is 0.257. The minimum Gasteiger partial charge on any atom is -0.426 e. The van der Waals surface area contributed by atoms with Gasteiger partial charge >= 0.3 is 12.0 Å². The van der Waals surface area contributed by atoms with Crippen LogP contribution in [0, 0.1) is 0 Å². The first-order valence-corrected chi connectivity index (χ1v) is 5.46. The Kier molecular flexibility index (Phi) is 3.56. The van der Waals surface area contributed by atoms with Crippen molar-refractivity contribution in [2.45, 2.75) is 12.5 Å². The molecule has 3 amide bonds. The summed E-state index contributed by atoms with van der Waals surface area (Å²) >= 11 is 0. The first-order chi connectivity index (χ1) is 9.08. The molecule has 1 atom stereocenters. The van der Waals surface area contributed by atoms with E-state index < -0.39 is 23.9 Å². The summed E-state index contributed by atoms with van der Waals surface area (Å²) < 4.78 is 4.97. The summed E-state index contributed by atoms with van der Waals surface area (Å²) in [6.45, 7) is 0.